The highest BCUT2D eigenvalue weighted by Gasteiger charge is 2.37. The molecule has 2 rings (SSSR count). The van der Waals surface area contributed by atoms with Crippen LogP contribution in [0.4, 0.5) is 5.69 Å². The summed E-state index contributed by atoms with van der Waals surface area (Å²) < 4.78 is 4.77. The van der Waals surface area contributed by atoms with E-state index in [4.69, 9.17) is 4.42 Å². The first-order valence-electron chi connectivity index (χ1n) is 3.52. The lowest BCUT2D eigenvalue weighted by atomic mass is 10.2. The Morgan fingerprint density at radius 3 is 2.93 bits per heavy atom. The first-order valence-corrected chi connectivity index (χ1v) is 3.52. The molecule has 8 heteroatoms. The van der Waals surface area contributed by atoms with Crippen molar-refractivity contribution in [2.75, 3.05) is 0 Å². The third-order valence-electron chi connectivity index (χ3n) is 1.62. The lowest BCUT2D eigenvalue weighted by Crippen LogP contribution is -2.07. The Morgan fingerprint density at radius 2 is 2.36 bits per heavy atom. The second-order valence-electron chi connectivity index (χ2n) is 2.43. The molecule has 0 bridgehead atoms. The number of rotatable bonds is 2. The summed E-state index contributed by atoms with van der Waals surface area (Å²) in [6.07, 6.45) is -0.131. The molecule has 0 fully saturated rings. The second-order valence-corrected chi connectivity index (χ2v) is 2.43. The fourth-order valence-electron chi connectivity index (χ4n) is 1.03. The van der Waals surface area contributed by atoms with E-state index in [1.807, 2.05) is 0 Å². The summed E-state index contributed by atoms with van der Waals surface area (Å²) in [6, 6.07) is 1.13. The van der Waals surface area contributed by atoms with E-state index >= 15 is 0 Å². The van der Waals surface area contributed by atoms with E-state index in [9.17, 15) is 14.9 Å². The van der Waals surface area contributed by atoms with Crippen LogP contribution < -0.4 is 0 Å². The number of hydrogen-bond acceptors (Lipinski definition) is 6. The predicted molar refractivity (Wildman–Crippen MR) is 39.1 cm³/mol. The molecule has 1 aliphatic heterocycles. The van der Waals surface area contributed by atoms with Crippen molar-refractivity contribution < 1.29 is 19.0 Å². The Kier molecular flexibility index (Phi) is 1.73. The first kappa shape index (κ1) is 8.35. The van der Waals surface area contributed by atoms with E-state index in [2.05, 4.69) is 15.2 Å². The van der Waals surface area contributed by atoms with E-state index in [0.29, 0.717) is 0 Å². The Hall–Kier alpha value is -2.25. The molecule has 0 radical (unpaired) electrons. The van der Waals surface area contributed by atoms with Gasteiger partial charge in [-0.15, -0.1) is 0 Å². The van der Waals surface area contributed by atoms with Gasteiger partial charge in [-0.1, -0.05) is 5.11 Å². The minimum atomic E-state index is -1.23. The van der Waals surface area contributed by atoms with E-state index in [1.54, 1.807) is 0 Å². The van der Waals surface area contributed by atoms with Gasteiger partial charge in [-0.25, -0.2) is 0 Å². The quantitative estimate of drug-likeness (QED) is 0.521. The summed E-state index contributed by atoms with van der Waals surface area (Å²) in [4.78, 5) is 25.3. The van der Waals surface area contributed by atoms with Crippen molar-refractivity contribution in [2.24, 2.45) is 10.4 Å². The van der Waals surface area contributed by atoms with Crippen LogP contribution in [0.1, 0.15) is 11.9 Å². The maximum absolute atomic E-state index is 11.0. The van der Waals surface area contributed by atoms with Crippen molar-refractivity contribution in [1.82, 2.24) is 0 Å². The van der Waals surface area contributed by atoms with Crippen molar-refractivity contribution in [3.8, 4) is 0 Å². The van der Waals surface area contributed by atoms with Crippen LogP contribution in [0.3, 0.4) is 0 Å². The molecule has 0 aromatic carbocycles. The van der Waals surface area contributed by atoms with Crippen molar-refractivity contribution in [3.63, 3.8) is 0 Å². The number of amides is 1. The topological polar surface area (TPSA) is 107 Å². The third kappa shape index (κ3) is 1.13. The Morgan fingerprint density at radius 1 is 1.57 bits per heavy atom. The standard InChI is InChI=1S/C6H3N3O5/c10-6-5(14-8-7-6)4-3(9(11)12)1-2-13-4/h1-2,5H. The summed E-state index contributed by atoms with van der Waals surface area (Å²) >= 11 is 0. The second kappa shape index (κ2) is 2.91. The molecule has 0 spiro atoms. The van der Waals surface area contributed by atoms with Crippen LogP contribution >= 0.6 is 0 Å². The van der Waals surface area contributed by atoms with Gasteiger partial charge in [0.25, 0.3) is 6.10 Å². The monoisotopic (exact) mass is 197 g/mol. The molecule has 14 heavy (non-hydrogen) atoms. The molecule has 0 aliphatic carbocycles. The van der Waals surface area contributed by atoms with Gasteiger partial charge < -0.3 is 9.25 Å². The zero-order valence-electron chi connectivity index (χ0n) is 6.61. The Balaban J connectivity index is 2.37. The van der Waals surface area contributed by atoms with E-state index in [0.717, 1.165) is 12.3 Å². The van der Waals surface area contributed by atoms with Crippen LogP contribution in [0.25, 0.3) is 0 Å². The van der Waals surface area contributed by atoms with Gasteiger partial charge in [0.15, 0.2) is 0 Å². The average molecular weight is 197 g/mol. The molecule has 1 amide bonds. The molecule has 8 nitrogen and oxygen atoms in total. The predicted octanol–water partition coefficient (Wildman–Crippen LogP) is 1.15. The zero-order chi connectivity index (χ0) is 10.1. The summed E-state index contributed by atoms with van der Waals surface area (Å²) in [5.74, 6) is -0.909. The number of hydrogen-bond donors (Lipinski definition) is 0. The van der Waals surface area contributed by atoms with Gasteiger partial charge >= 0.3 is 11.6 Å². The number of carbonyl (C=O) groups excluding carboxylic acids is 1. The van der Waals surface area contributed by atoms with Gasteiger partial charge in [0.2, 0.25) is 5.76 Å². The summed E-state index contributed by atoms with van der Waals surface area (Å²) in [7, 11) is 0. The Labute approximate surface area is 76.3 Å². The van der Waals surface area contributed by atoms with Gasteiger partial charge in [0.1, 0.15) is 0 Å². The van der Waals surface area contributed by atoms with E-state index < -0.39 is 16.9 Å². The van der Waals surface area contributed by atoms with Gasteiger partial charge in [-0.2, -0.15) is 0 Å². The molecule has 1 atom stereocenters. The smallest absolute Gasteiger partial charge is 0.319 e. The first-order chi connectivity index (χ1) is 6.70. The number of nitrogens with zero attached hydrogens (tertiary/aromatic N) is 3. The van der Waals surface area contributed by atoms with E-state index in [-0.39, 0.29) is 11.4 Å². The highest BCUT2D eigenvalue weighted by molar-refractivity contribution is 5.83. The normalized spacial score (nSPS) is 19.7. The van der Waals surface area contributed by atoms with Crippen LogP contribution in [0, 0.1) is 10.1 Å². The molecular formula is C6H3N3O5. The van der Waals surface area contributed by atoms with Crippen LogP contribution in [0.5, 0.6) is 0 Å². The molecule has 72 valence electrons. The minimum absolute atomic E-state index is 0.190. The van der Waals surface area contributed by atoms with Crippen molar-refractivity contribution in [1.29, 1.82) is 0 Å². The number of nitro groups is 1. The highest BCUT2D eigenvalue weighted by atomic mass is 16.7. The summed E-state index contributed by atoms with van der Waals surface area (Å²) in [6.45, 7) is 0. The van der Waals surface area contributed by atoms with Crippen LogP contribution in [0.2, 0.25) is 0 Å². The number of furan rings is 1. The van der Waals surface area contributed by atoms with Gasteiger partial charge in [0.05, 0.1) is 17.3 Å². The molecule has 0 N–H and O–H groups in total. The molecule has 0 saturated heterocycles. The van der Waals surface area contributed by atoms with Crippen LogP contribution in [0.15, 0.2) is 27.1 Å². The lowest BCUT2D eigenvalue weighted by Gasteiger charge is -1.99. The fraction of sp³-hybridized carbons (Fsp3) is 0.167. The van der Waals surface area contributed by atoms with Gasteiger partial charge in [0, 0.05) is 5.28 Å². The minimum Gasteiger partial charge on any atom is -0.457 e. The molecule has 2 heterocycles. The summed E-state index contributed by atoms with van der Waals surface area (Å²) in [5.41, 5.74) is -0.323. The molecule has 0 saturated carbocycles. The summed E-state index contributed by atoms with van der Waals surface area (Å²) in [5, 5.41) is 16.5. The zero-order valence-corrected chi connectivity index (χ0v) is 6.61. The van der Waals surface area contributed by atoms with E-state index in [1.165, 1.54) is 0 Å². The van der Waals surface area contributed by atoms with Crippen molar-refractivity contribution in [3.05, 3.63) is 28.2 Å². The maximum atomic E-state index is 11.0. The van der Waals surface area contributed by atoms with Crippen molar-refractivity contribution in [2.45, 2.75) is 6.10 Å². The highest BCUT2D eigenvalue weighted by Crippen LogP contribution is 2.32. The third-order valence-corrected chi connectivity index (χ3v) is 1.62. The van der Waals surface area contributed by atoms with Crippen LogP contribution in [-0.4, -0.2) is 10.8 Å². The van der Waals surface area contributed by atoms with Gasteiger partial charge in [-0.3, -0.25) is 14.9 Å². The fourth-order valence-corrected chi connectivity index (χ4v) is 1.03. The molecule has 1 unspecified atom stereocenters. The van der Waals surface area contributed by atoms with Gasteiger partial charge in [-0.05, 0) is 0 Å². The Bertz CT molecular complexity index is 423. The largest absolute Gasteiger partial charge is 0.457 e. The molecule has 1 aromatic heterocycles. The average Bonchev–Trinajstić information content (AvgIpc) is 2.70. The molecular weight excluding hydrogens is 194 g/mol. The number of carbonyl (C=O) groups is 1. The van der Waals surface area contributed by atoms with Crippen molar-refractivity contribution >= 4 is 11.6 Å². The maximum Gasteiger partial charge on any atom is 0.319 e. The molecule has 1 aliphatic rings. The van der Waals surface area contributed by atoms with Crippen LogP contribution in [-0.2, 0) is 9.63 Å². The molecule has 1 aromatic rings. The SMILES string of the molecule is O=C1N=NOC1c1occc1[N+](=O)[O-]. The lowest BCUT2D eigenvalue weighted by molar-refractivity contribution is -0.386.